The summed E-state index contributed by atoms with van der Waals surface area (Å²) < 4.78 is 0. The van der Waals surface area contributed by atoms with Gasteiger partial charge in [0.2, 0.25) is 0 Å². The molecule has 1 amide bonds. The molecule has 5 heteroatoms. The second-order valence-corrected chi connectivity index (χ2v) is 6.87. The van der Waals surface area contributed by atoms with E-state index in [-0.39, 0.29) is 11.7 Å². The van der Waals surface area contributed by atoms with Gasteiger partial charge in [-0.15, -0.1) is 0 Å². The highest BCUT2D eigenvalue weighted by Gasteiger charge is 2.69. The summed E-state index contributed by atoms with van der Waals surface area (Å²) in [5.41, 5.74) is 0.325. The Kier molecular flexibility index (Phi) is 2.78. The molecular formula is C17H21N3O2. The first-order valence-electron chi connectivity index (χ1n) is 7.86. The molecule has 5 nitrogen and oxygen atoms in total. The largest absolute Gasteiger partial charge is 0.324 e. The summed E-state index contributed by atoms with van der Waals surface area (Å²) in [7, 11) is 4.01. The van der Waals surface area contributed by atoms with E-state index in [9.17, 15) is 9.59 Å². The summed E-state index contributed by atoms with van der Waals surface area (Å²) in [5.74, 6) is 0.194. The first kappa shape index (κ1) is 13.9. The van der Waals surface area contributed by atoms with Crippen LogP contribution in [0.3, 0.4) is 0 Å². The minimum absolute atomic E-state index is 0.0441. The van der Waals surface area contributed by atoms with E-state index in [0.717, 1.165) is 30.8 Å². The first-order chi connectivity index (χ1) is 10.5. The molecule has 0 saturated carbocycles. The number of likely N-dealkylation sites (tertiary alicyclic amines) is 2. The number of amides is 1. The minimum Gasteiger partial charge on any atom is -0.324 e. The molecule has 22 heavy (non-hydrogen) atoms. The monoisotopic (exact) mass is 299 g/mol. The molecule has 2 unspecified atom stereocenters. The van der Waals surface area contributed by atoms with E-state index < -0.39 is 11.0 Å². The van der Waals surface area contributed by atoms with Gasteiger partial charge in [-0.1, -0.05) is 18.2 Å². The van der Waals surface area contributed by atoms with Gasteiger partial charge >= 0.3 is 0 Å². The first-order valence-corrected chi connectivity index (χ1v) is 7.86. The molecule has 0 radical (unpaired) electrons. The topological polar surface area (TPSA) is 52.7 Å². The van der Waals surface area contributed by atoms with Crippen molar-refractivity contribution in [2.24, 2.45) is 5.41 Å². The summed E-state index contributed by atoms with van der Waals surface area (Å²) in [4.78, 5) is 30.3. The fourth-order valence-corrected chi connectivity index (χ4v) is 4.86. The van der Waals surface area contributed by atoms with E-state index in [4.69, 9.17) is 0 Å². The maximum atomic E-state index is 13.1. The summed E-state index contributed by atoms with van der Waals surface area (Å²) >= 11 is 0. The number of nitrogens with one attached hydrogen (secondary N) is 1. The predicted octanol–water partition coefficient (Wildman–Crippen LogP) is 1.06. The molecule has 3 aliphatic rings. The number of Topliss-reactive ketones (excluding diaryl/α,β-unsaturated/α-hetero) is 1. The number of nitrogens with zero attached hydrogens (tertiary/aromatic N) is 2. The van der Waals surface area contributed by atoms with E-state index in [1.54, 1.807) is 0 Å². The lowest BCUT2D eigenvalue weighted by Gasteiger charge is -2.48. The predicted molar refractivity (Wildman–Crippen MR) is 83.6 cm³/mol. The van der Waals surface area contributed by atoms with Gasteiger partial charge in [-0.3, -0.25) is 14.5 Å². The molecule has 0 aliphatic carbocycles. The lowest BCUT2D eigenvalue weighted by Crippen LogP contribution is -2.63. The number of likely N-dealkylation sites (N-methyl/N-ethyl adjacent to an activating group) is 1. The number of hydrogen-bond acceptors (Lipinski definition) is 4. The number of rotatable bonds is 0. The number of anilines is 1. The minimum atomic E-state index is -0.852. The smallest absolute Gasteiger partial charge is 0.250 e. The van der Waals surface area contributed by atoms with Crippen molar-refractivity contribution >= 4 is 17.4 Å². The zero-order valence-electron chi connectivity index (χ0n) is 13.1. The lowest BCUT2D eigenvalue weighted by molar-refractivity contribution is -0.149. The number of carbonyl (C=O) groups excluding carboxylic acids is 2. The second-order valence-electron chi connectivity index (χ2n) is 6.87. The molecule has 116 valence electrons. The SMILES string of the molecule is CN1CCC(=O)C2(CCN(C)C23C(=O)Nc2ccccc23)C1. The molecule has 2 spiro atoms. The van der Waals surface area contributed by atoms with Gasteiger partial charge in [-0.2, -0.15) is 0 Å². The zero-order valence-corrected chi connectivity index (χ0v) is 13.1. The normalized spacial score (nSPS) is 35.4. The molecule has 2 saturated heterocycles. The van der Waals surface area contributed by atoms with Crippen LogP contribution in [0.5, 0.6) is 0 Å². The highest BCUT2D eigenvalue weighted by molar-refractivity contribution is 6.10. The summed E-state index contributed by atoms with van der Waals surface area (Å²) in [6, 6.07) is 7.81. The van der Waals surface area contributed by atoms with Gasteiger partial charge in [-0.05, 0) is 26.6 Å². The molecule has 4 rings (SSSR count). The average molecular weight is 299 g/mol. The third-order valence-electron chi connectivity index (χ3n) is 5.83. The van der Waals surface area contributed by atoms with Crippen LogP contribution in [0.15, 0.2) is 24.3 Å². The van der Waals surface area contributed by atoms with Crippen LogP contribution in [0.2, 0.25) is 0 Å². The van der Waals surface area contributed by atoms with Crippen LogP contribution >= 0.6 is 0 Å². The molecule has 2 fully saturated rings. The Balaban J connectivity index is 1.98. The molecule has 0 bridgehead atoms. The van der Waals surface area contributed by atoms with Crippen LogP contribution in [-0.2, 0) is 15.1 Å². The quantitative estimate of drug-likeness (QED) is 0.778. The van der Waals surface area contributed by atoms with Crippen molar-refractivity contribution in [1.29, 1.82) is 0 Å². The maximum absolute atomic E-state index is 13.1. The molecule has 3 heterocycles. The van der Waals surface area contributed by atoms with Crippen molar-refractivity contribution in [3.8, 4) is 0 Å². The summed E-state index contributed by atoms with van der Waals surface area (Å²) in [6.07, 6.45) is 1.27. The third-order valence-corrected chi connectivity index (χ3v) is 5.83. The van der Waals surface area contributed by atoms with Crippen molar-refractivity contribution < 1.29 is 9.59 Å². The number of benzene rings is 1. The molecule has 0 aromatic heterocycles. The Labute approximate surface area is 130 Å². The van der Waals surface area contributed by atoms with E-state index in [1.165, 1.54) is 0 Å². The van der Waals surface area contributed by atoms with Crippen LogP contribution < -0.4 is 5.32 Å². The van der Waals surface area contributed by atoms with E-state index >= 15 is 0 Å². The number of hydrogen-bond donors (Lipinski definition) is 1. The van der Waals surface area contributed by atoms with Crippen LogP contribution in [0.25, 0.3) is 0 Å². The lowest BCUT2D eigenvalue weighted by atomic mass is 9.62. The third kappa shape index (κ3) is 1.41. The Morgan fingerprint density at radius 2 is 1.91 bits per heavy atom. The maximum Gasteiger partial charge on any atom is 0.250 e. The number of piperidine rings is 1. The van der Waals surface area contributed by atoms with Crippen LogP contribution in [0.4, 0.5) is 5.69 Å². The fourth-order valence-electron chi connectivity index (χ4n) is 4.86. The van der Waals surface area contributed by atoms with Crippen molar-refractivity contribution in [2.75, 3.05) is 39.0 Å². The summed E-state index contributed by atoms with van der Waals surface area (Å²) in [6.45, 7) is 2.20. The molecule has 3 aliphatic heterocycles. The number of para-hydroxylation sites is 1. The van der Waals surface area contributed by atoms with Crippen LogP contribution in [0, 0.1) is 5.41 Å². The van der Waals surface area contributed by atoms with E-state index in [0.29, 0.717) is 13.0 Å². The Bertz CT molecular complexity index is 674. The number of ketones is 1. The zero-order chi connectivity index (χ0) is 15.5. The van der Waals surface area contributed by atoms with Crippen molar-refractivity contribution in [2.45, 2.75) is 18.4 Å². The fraction of sp³-hybridized carbons (Fsp3) is 0.529. The standard InChI is InChI=1S/C17H21N3O2/c1-19-9-7-14(21)16(11-19)8-10-20(2)17(16)12-5-3-4-6-13(12)18-15(17)22/h3-6H,7-11H2,1-2H3,(H,18,22). The highest BCUT2D eigenvalue weighted by atomic mass is 16.2. The number of fused-ring (bicyclic) bond motifs is 3. The molecule has 1 aromatic carbocycles. The molecule has 1 aromatic rings. The van der Waals surface area contributed by atoms with Gasteiger partial charge in [0.05, 0.1) is 5.41 Å². The van der Waals surface area contributed by atoms with Crippen molar-refractivity contribution in [1.82, 2.24) is 9.80 Å². The Morgan fingerprint density at radius 3 is 2.73 bits per heavy atom. The van der Waals surface area contributed by atoms with Crippen molar-refractivity contribution in [3.63, 3.8) is 0 Å². The Hall–Kier alpha value is -1.72. The van der Waals surface area contributed by atoms with Crippen LogP contribution in [-0.4, -0.2) is 55.2 Å². The van der Waals surface area contributed by atoms with Crippen LogP contribution in [0.1, 0.15) is 18.4 Å². The van der Waals surface area contributed by atoms with Gasteiger partial charge in [-0.25, -0.2) is 0 Å². The molecular weight excluding hydrogens is 278 g/mol. The van der Waals surface area contributed by atoms with E-state index in [2.05, 4.69) is 15.1 Å². The van der Waals surface area contributed by atoms with Gasteiger partial charge in [0, 0.05) is 37.3 Å². The molecule has 1 N–H and O–H groups in total. The average Bonchev–Trinajstić information content (AvgIpc) is 2.96. The number of carbonyl (C=O) groups is 2. The van der Waals surface area contributed by atoms with Gasteiger partial charge in [0.15, 0.2) is 0 Å². The summed E-state index contributed by atoms with van der Waals surface area (Å²) in [5, 5.41) is 3.02. The Morgan fingerprint density at radius 1 is 1.14 bits per heavy atom. The molecule has 2 atom stereocenters. The van der Waals surface area contributed by atoms with E-state index in [1.807, 2.05) is 38.4 Å². The van der Waals surface area contributed by atoms with Gasteiger partial charge < -0.3 is 10.2 Å². The van der Waals surface area contributed by atoms with Gasteiger partial charge in [0.1, 0.15) is 11.3 Å². The van der Waals surface area contributed by atoms with Crippen molar-refractivity contribution in [3.05, 3.63) is 29.8 Å². The second kappa shape index (κ2) is 4.40. The van der Waals surface area contributed by atoms with Gasteiger partial charge in [0.25, 0.3) is 5.91 Å². The highest BCUT2D eigenvalue weighted by Crippen LogP contribution is 2.58.